The number of rotatable bonds is 18. The predicted octanol–water partition coefficient (Wildman–Crippen LogP) is 10.7. The summed E-state index contributed by atoms with van der Waals surface area (Å²) in [6.45, 7) is 7.15. The van der Waals surface area contributed by atoms with Gasteiger partial charge < -0.3 is 13.5 Å². The molecule has 0 aromatic heterocycles. The topological polar surface area (TPSA) is 211 Å². The summed E-state index contributed by atoms with van der Waals surface area (Å²) >= 11 is -2.37. The number of nitrogens with zero attached hydrogens (tertiary/aromatic N) is 2. The van der Waals surface area contributed by atoms with Gasteiger partial charge >= 0.3 is 16.8 Å². The Bertz CT molecular complexity index is 4340. The van der Waals surface area contributed by atoms with Crippen molar-refractivity contribution in [3.8, 4) is 0 Å². The average Bonchev–Trinajstić information content (AvgIpc) is 2.97. The first-order valence-electron chi connectivity index (χ1n) is 26.1. The van der Waals surface area contributed by atoms with Gasteiger partial charge in [-0.1, -0.05) is 43.7 Å². The van der Waals surface area contributed by atoms with E-state index in [9.17, 15) is 50.9 Å². The molecule has 0 heterocycles. The molecule has 8 rings (SSSR count). The number of hydrogen-bond acceptors (Lipinski definition) is 12. The third-order valence-corrected chi connectivity index (χ3v) is 25.9. The minimum atomic E-state index is -4.00. The monoisotopic (exact) mass is 1330 g/mol. The Kier molecular flexibility index (Phi) is 20.6. The molecule has 8 aromatic carbocycles. The molecule has 0 saturated carbocycles. The summed E-state index contributed by atoms with van der Waals surface area (Å²) in [6, 6.07) is 49.4. The van der Waals surface area contributed by atoms with E-state index in [1.807, 2.05) is 61.3 Å². The van der Waals surface area contributed by atoms with E-state index in [0.717, 1.165) is 43.9 Å². The molecule has 0 amide bonds. The van der Waals surface area contributed by atoms with Crippen LogP contribution in [0, 0.1) is 13.0 Å². The van der Waals surface area contributed by atoms with Crippen molar-refractivity contribution in [3.63, 3.8) is 0 Å². The predicted molar refractivity (Wildman–Crippen MR) is 329 cm³/mol. The van der Waals surface area contributed by atoms with Crippen molar-refractivity contribution in [2.24, 2.45) is 0 Å². The van der Waals surface area contributed by atoms with Crippen LogP contribution in [0.5, 0.6) is 0 Å². The zero-order chi connectivity index (χ0) is 62.2. The van der Waals surface area contributed by atoms with Crippen LogP contribution < -0.4 is 0 Å². The Balaban J connectivity index is 0.000000276. The fourth-order valence-electron chi connectivity index (χ4n) is 9.59. The average molecular weight is 1330 g/mol. The first-order valence-corrected chi connectivity index (χ1v) is 37.4. The Morgan fingerprint density at radius 1 is 0.412 bits per heavy atom. The number of aryl methyl sites for hydroxylation is 1. The number of benzene rings is 8. The van der Waals surface area contributed by atoms with E-state index in [1.54, 1.807) is 72.8 Å². The minimum Gasteiger partial charge on any atom is -0.768 e. The summed E-state index contributed by atoms with van der Waals surface area (Å²) in [5.74, 6) is 0. The van der Waals surface area contributed by atoms with Gasteiger partial charge in [0, 0.05) is 27.7 Å². The second-order valence-electron chi connectivity index (χ2n) is 23.4. The third-order valence-electron chi connectivity index (χ3n) is 14.1. The molecule has 14 nitrogen and oxygen atoms in total. The van der Waals surface area contributed by atoms with Gasteiger partial charge in [-0.3, -0.25) is 4.21 Å². The van der Waals surface area contributed by atoms with E-state index in [2.05, 4.69) is 32.4 Å². The van der Waals surface area contributed by atoms with Crippen LogP contribution in [0.2, 0.25) is 0 Å². The van der Waals surface area contributed by atoms with Gasteiger partial charge in [0.15, 0.2) is 19.7 Å². The molecule has 85 heavy (non-hydrogen) atoms. The number of quaternary nitrogens is 2. The Labute approximate surface area is 517 Å². The van der Waals surface area contributed by atoms with Crippen LogP contribution in [0.3, 0.4) is 0 Å². The largest absolute Gasteiger partial charge is 2.00 e. The van der Waals surface area contributed by atoms with Crippen LogP contribution in [0.4, 0.5) is 0 Å². The number of hydrogen-bond donors (Lipinski definition) is 0. The molecule has 8 aromatic rings. The van der Waals surface area contributed by atoms with Gasteiger partial charge in [0.05, 0.1) is 81.4 Å². The molecule has 0 aliphatic heterocycles. The molecule has 0 aliphatic rings. The minimum absolute atomic E-state index is 0. The van der Waals surface area contributed by atoms with Crippen LogP contribution in [0.15, 0.2) is 241 Å². The van der Waals surface area contributed by atoms with Gasteiger partial charge in [-0.25, -0.2) is 42.1 Å². The molecule has 453 valence electrons. The van der Waals surface area contributed by atoms with E-state index < -0.39 is 75.7 Å². The van der Waals surface area contributed by atoms with Crippen LogP contribution in [0.25, 0.3) is 0 Å². The van der Waals surface area contributed by atoms with Crippen molar-refractivity contribution in [2.45, 2.75) is 98.0 Å². The fraction of sp³-hybridized carbons (Fsp3) is 0.238. The zero-order valence-corrected chi connectivity index (χ0v) is 56.0. The summed E-state index contributed by atoms with van der Waals surface area (Å²) in [5.41, 5.74) is 3.97. The fourth-order valence-corrected chi connectivity index (χ4v) is 17.6. The summed E-state index contributed by atoms with van der Waals surface area (Å²) in [4.78, 5) is 2.80. The van der Waals surface area contributed by atoms with E-state index in [1.165, 1.54) is 97.1 Å². The molecule has 0 N–H and O–H groups in total. The Morgan fingerprint density at radius 2 is 0.694 bits per heavy atom. The van der Waals surface area contributed by atoms with Gasteiger partial charge in [0.2, 0.25) is 29.5 Å². The molecular weight excluding hydrogens is 1260 g/mol. The Morgan fingerprint density at radius 3 is 1.04 bits per heavy atom. The second-order valence-corrected chi connectivity index (χ2v) is 37.8. The molecule has 1 atom stereocenters. The molecule has 1 unspecified atom stereocenters. The van der Waals surface area contributed by atoms with Crippen molar-refractivity contribution in [2.75, 3.05) is 61.1 Å². The van der Waals surface area contributed by atoms with E-state index in [0.29, 0.717) is 22.1 Å². The summed E-state index contributed by atoms with van der Waals surface area (Å²) in [7, 11) is -8.04. The molecule has 0 bridgehead atoms. The van der Waals surface area contributed by atoms with E-state index in [-0.39, 0.29) is 65.7 Å². The Hall–Kier alpha value is -5.60. The SMILES string of the molecule is CS(C)(c1ccc(S(C)(=O)=O)cc1)c1ccc(S(=O)(=O)c2ccc(S(=O)(=O)c3cc[c-]cc3)cc2)cc1.Cc1ccc(S(=O)(=O)c2ccc(S(=O)(=O)c3ccc(C(C)(C)c4ccc(S(=O)[O-])cc4C[N+](C)(C)C)c(C[N+](C)(C)C)c3)cc2)cc1.[Co+2]. The maximum Gasteiger partial charge on any atom is 2.00 e. The van der Waals surface area contributed by atoms with Gasteiger partial charge in [-0.15, -0.1) is 0 Å². The molecule has 0 fully saturated rings. The maximum atomic E-state index is 13.9. The van der Waals surface area contributed by atoms with E-state index >= 15 is 0 Å². The molecule has 22 heteroatoms. The smallest absolute Gasteiger partial charge is 0.768 e. The van der Waals surface area contributed by atoms with Crippen molar-refractivity contribution in [1.82, 2.24) is 0 Å². The standard InChI is InChI=1S/C36H45N2O6S3.C27H25O6S4.Co/c1-26-10-13-30(14-11-26)46(41,42)31-15-17-32(18-16-31)47(43,44)33-19-21-35(28(23-33)25-38(7,8)9)36(2,3)34-20-12-29(45(39)40)22-27(34)24-37(4,5)6;1-34(2,21-9-13-23(14-10-21)35(3,28)29)22-11-15-25(16-12-22)37(32,33)27-19-17-26(18-20-27)36(30,31)24-7-5-4-6-8-24;/h10-23H,24-25H2,1-9H3;5-20H,1-3H3;/q+1;-1;+2. The quantitative estimate of drug-likeness (QED) is 0.0446. The second kappa shape index (κ2) is 25.6. The first-order chi connectivity index (χ1) is 38.8. The van der Waals surface area contributed by atoms with Gasteiger partial charge in [0.1, 0.15) is 13.1 Å². The van der Waals surface area contributed by atoms with Gasteiger partial charge in [-0.05, 0) is 190 Å². The summed E-state index contributed by atoms with van der Waals surface area (Å²) in [5, 5.41) is 0. The normalized spacial score (nSPS) is 13.4. The summed E-state index contributed by atoms with van der Waals surface area (Å²) in [6.07, 6.45) is 5.26. The van der Waals surface area contributed by atoms with Crippen molar-refractivity contribution < 1.29 is 76.6 Å². The molecule has 1 radical (unpaired) electrons. The van der Waals surface area contributed by atoms with Crippen LogP contribution in [0.1, 0.15) is 41.7 Å². The van der Waals surface area contributed by atoms with E-state index in [4.69, 9.17) is 0 Å². The molecule has 0 aliphatic carbocycles. The van der Waals surface area contributed by atoms with Crippen molar-refractivity contribution in [1.29, 1.82) is 0 Å². The molecule has 0 spiro atoms. The van der Waals surface area contributed by atoms with Crippen molar-refractivity contribution in [3.05, 3.63) is 216 Å². The number of sulfone groups is 5. The van der Waals surface area contributed by atoms with Crippen LogP contribution >= 0.6 is 10.0 Å². The first kappa shape index (κ1) is 68.5. The zero-order valence-electron chi connectivity index (χ0n) is 49.2. The van der Waals surface area contributed by atoms with Gasteiger partial charge in [-0.2, -0.15) is 40.4 Å². The maximum absolute atomic E-state index is 13.9. The van der Waals surface area contributed by atoms with Crippen molar-refractivity contribution >= 4 is 70.3 Å². The molecule has 0 saturated heterocycles. The summed E-state index contributed by atoms with van der Waals surface area (Å²) < 4.78 is 155. The molecular formula is C63H70CoN2O12S7+2. The van der Waals surface area contributed by atoms with Crippen LogP contribution in [-0.4, -0.2) is 121 Å². The van der Waals surface area contributed by atoms with Crippen LogP contribution in [-0.2, 0) is 95.6 Å². The van der Waals surface area contributed by atoms with Gasteiger partial charge in [0.25, 0.3) is 0 Å². The third kappa shape index (κ3) is 15.8.